The number of amides is 2. The quantitative estimate of drug-likeness (QED) is 0.566. The van der Waals surface area contributed by atoms with Crippen molar-refractivity contribution in [3.05, 3.63) is 102 Å². The SMILES string of the molecule is CC(=O)[C@H]1C(=O)N(c2ccccc2)C(C)=C(C(=O)Nc2ccccc2)[C@@H]1c1ccc(O)cc1. The van der Waals surface area contributed by atoms with E-state index in [1.54, 1.807) is 55.5 Å². The molecule has 1 aliphatic heterocycles. The standard InChI is InChI=1S/C27H24N2O4/c1-17-23(26(32)28-20-9-5-3-6-10-20)25(19-13-15-22(31)16-14-19)24(18(2)30)27(33)29(17)21-11-7-4-8-12-21/h3-16,24-25,31H,1-2H3,(H,28,32)/t24-,25+/m1/s1. The van der Waals surface area contributed by atoms with Gasteiger partial charge in [-0.1, -0.05) is 48.5 Å². The van der Waals surface area contributed by atoms with Gasteiger partial charge in [0.2, 0.25) is 5.91 Å². The van der Waals surface area contributed by atoms with Crippen molar-refractivity contribution in [2.75, 3.05) is 10.2 Å². The lowest BCUT2D eigenvalue weighted by Gasteiger charge is -2.39. The number of rotatable bonds is 5. The van der Waals surface area contributed by atoms with Crippen LogP contribution in [0.15, 0.2) is 96.2 Å². The molecule has 33 heavy (non-hydrogen) atoms. The van der Waals surface area contributed by atoms with E-state index in [9.17, 15) is 19.5 Å². The molecule has 1 aliphatic rings. The third-order valence-corrected chi connectivity index (χ3v) is 5.84. The largest absolute Gasteiger partial charge is 0.508 e. The normalized spacial score (nSPS) is 18.2. The van der Waals surface area contributed by atoms with Crippen molar-refractivity contribution in [1.82, 2.24) is 0 Å². The molecule has 2 atom stereocenters. The predicted octanol–water partition coefficient (Wildman–Crippen LogP) is 4.64. The second-order valence-corrected chi connectivity index (χ2v) is 7.99. The Morgan fingerprint density at radius 3 is 2.03 bits per heavy atom. The maximum absolute atomic E-state index is 13.6. The lowest BCUT2D eigenvalue weighted by Crippen LogP contribution is -2.48. The molecule has 0 saturated carbocycles. The summed E-state index contributed by atoms with van der Waals surface area (Å²) >= 11 is 0. The zero-order valence-electron chi connectivity index (χ0n) is 18.4. The molecule has 0 aromatic heterocycles. The number of anilines is 2. The number of nitrogens with zero attached hydrogens (tertiary/aromatic N) is 1. The van der Waals surface area contributed by atoms with Crippen molar-refractivity contribution in [3.63, 3.8) is 0 Å². The summed E-state index contributed by atoms with van der Waals surface area (Å²) in [6.07, 6.45) is 0. The Morgan fingerprint density at radius 1 is 0.879 bits per heavy atom. The van der Waals surface area contributed by atoms with Crippen LogP contribution >= 0.6 is 0 Å². The molecule has 0 spiro atoms. The van der Waals surface area contributed by atoms with Gasteiger partial charge in [-0.25, -0.2) is 0 Å². The number of phenolic OH excluding ortho intramolecular Hbond substituents is 1. The number of Topliss-reactive ketones (excluding diaryl/α,β-unsaturated/α-hetero) is 1. The van der Waals surface area contributed by atoms with Gasteiger partial charge in [0, 0.05) is 28.6 Å². The van der Waals surface area contributed by atoms with Gasteiger partial charge in [-0.3, -0.25) is 19.3 Å². The van der Waals surface area contributed by atoms with Crippen molar-refractivity contribution in [3.8, 4) is 5.75 Å². The number of carbonyl (C=O) groups excluding carboxylic acids is 3. The maximum Gasteiger partial charge on any atom is 0.254 e. The molecule has 0 aliphatic carbocycles. The fraction of sp³-hybridized carbons (Fsp3) is 0.148. The van der Waals surface area contributed by atoms with Gasteiger partial charge < -0.3 is 10.4 Å². The second kappa shape index (κ2) is 9.12. The molecule has 0 unspecified atom stereocenters. The molecule has 2 N–H and O–H groups in total. The Balaban J connectivity index is 1.92. The van der Waals surface area contributed by atoms with Crippen molar-refractivity contribution in [1.29, 1.82) is 0 Å². The Bertz CT molecular complexity index is 1220. The van der Waals surface area contributed by atoms with E-state index in [2.05, 4.69) is 5.32 Å². The Kier molecular flexibility index (Phi) is 6.09. The smallest absolute Gasteiger partial charge is 0.254 e. The first kappa shape index (κ1) is 22.0. The van der Waals surface area contributed by atoms with Crippen LogP contribution in [-0.2, 0) is 14.4 Å². The van der Waals surface area contributed by atoms with Crippen LogP contribution in [0.25, 0.3) is 0 Å². The van der Waals surface area contributed by atoms with E-state index in [0.717, 1.165) is 0 Å². The summed E-state index contributed by atoms with van der Waals surface area (Å²) in [6, 6.07) is 24.3. The van der Waals surface area contributed by atoms with E-state index in [0.29, 0.717) is 28.2 Å². The lowest BCUT2D eigenvalue weighted by atomic mass is 9.74. The number of allylic oxidation sites excluding steroid dienone is 1. The van der Waals surface area contributed by atoms with Gasteiger partial charge in [-0.2, -0.15) is 0 Å². The minimum absolute atomic E-state index is 0.0576. The molecule has 0 saturated heterocycles. The average Bonchev–Trinajstić information content (AvgIpc) is 2.80. The van der Waals surface area contributed by atoms with Crippen molar-refractivity contribution in [2.45, 2.75) is 19.8 Å². The minimum Gasteiger partial charge on any atom is -0.508 e. The van der Waals surface area contributed by atoms with Crippen molar-refractivity contribution in [2.24, 2.45) is 5.92 Å². The summed E-state index contributed by atoms with van der Waals surface area (Å²) in [5, 5.41) is 12.7. The Hall–Kier alpha value is -4.19. The van der Waals surface area contributed by atoms with Gasteiger partial charge in [0.05, 0.1) is 0 Å². The number of ketones is 1. The number of para-hydroxylation sites is 2. The molecule has 0 fully saturated rings. The zero-order chi connectivity index (χ0) is 23.5. The van der Waals surface area contributed by atoms with Crippen molar-refractivity contribution < 1.29 is 19.5 Å². The van der Waals surface area contributed by atoms with E-state index in [4.69, 9.17) is 0 Å². The topological polar surface area (TPSA) is 86.7 Å². The first-order chi connectivity index (χ1) is 15.9. The van der Waals surface area contributed by atoms with Gasteiger partial charge >= 0.3 is 0 Å². The van der Waals surface area contributed by atoms with Crippen LogP contribution in [-0.4, -0.2) is 22.7 Å². The molecule has 0 radical (unpaired) electrons. The number of hydrogen-bond donors (Lipinski definition) is 2. The number of hydrogen-bond acceptors (Lipinski definition) is 4. The molecule has 4 rings (SSSR count). The summed E-state index contributed by atoms with van der Waals surface area (Å²) in [5.74, 6) is -2.94. The van der Waals surface area contributed by atoms with Crippen LogP contribution < -0.4 is 10.2 Å². The molecular formula is C27H24N2O4. The minimum atomic E-state index is -1.09. The van der Waals surface area contributed by atoms with E-state index >= 15 is 0 Å². The third kappa shape index (κ3) is 4.28. The molecule has 0 bridgehead atoms. The van der Waals surface area contributed by atoms with Crippen LogP contribution in [0.1, 0.15) is 25.3 Å². The molecule has 1 heterocycles. The summed E-state index contributed by atoms with van der Waals surface area (Å²) in [6.45, 7) is 3.08. The molecule has 3 aromatic carbocycles. The van der Waals surface area contributed by atoms with Crippen LogP contribution in [0, 0.1) is 5.92 Å². The van der Waals surface area contributed by atoms with Gasteiger partial charge in [0.1, 0.15) is 17.5 Å². The summed E-state index contributed by atoms with van der Waals surface area (Å²) in [4.78, 5) is 41.5. The van der Waals surface area contributed by atoms with E-state index < -0.39 is 17.7 Å². The molecule has 166 valence electrons. The number of benzene rings is 3. The molecule has 6 nitrogen and oxygen atoms in total. The Labute approximate surface area is 192 Å². The van der Waals surface area contributed by atoms with Crippen LogP contribution in [0.5, 0.6) is 5.75 Å². The average molecular weight is 440 g/mol. The molecular weight excluding hydrogens is 416 g/mol. The highest BCUT2D eigenvalue weighted by atomic mass is 16.3. The highest BCUT2D eigenvalue weighted by Crippen LogP contribution is 2.43. The van der Waals surface area contributed by atoms with E-state index in [-0.39, 0.29) is 17.4 Å². The van der Waals surface area contributed by atoms with Crippen molar-refractivity contribution >= 4 is 29.0 Å². The van der Waals surface area contributed by atoms with E-state index in [1.807, 2.05) is 24.3 Å². The summed E-state index contributed by atoms with van der Waals surface area (Å²) in [7, 11) is 0. The molecule has 3 aromatic rings. The summed E-state index contributed by atoms with van der Waals surface area (Å²) in [5.41, 5.74) is 2.57. The van der Waals surface area contributed by atoms with Crippen LogP contribution in [0.2, 0.25) is 0 Å². The van der Waals surface area contributed by atoms with Crippen LogP contribution in [0.3, 0.4) is 0 Å². The number of aromatic hydroxyl groups is 1. The van der Waals surface area contributed by atoms with Gasteiger partial charge in [-0.15, -0.1) is 0 Å². The van der Waals surface area contributed by atoms with Gasteiger partial charge in [-0.05, 0) is 55.8 Å². The van der Waals surface area contributed by atoms with Crippen LogP contribution in [0.4, 0.5) is 11.4 Å². The first-order valence-corrected chi connectivity index (χ1v) is 10.6. The Morgan fingerprint density at radius 2 is 1.45 bits per heavy atom. The first-order valence-electron chi connectivity index (χ1n) is 10.6. The fourth-order valence-corrected chi connectivity index (χ4v) is 4.33. The van der Waals surface area contributed by atoms with Gasteiger partial charge in [0.15, 0.2) is 0 Å². The highest BCUT2D eigenvalue weighted by Gasteiger charge is 2.46. The highest BCUT2D eigenvalue weighted by molar-refractivity contribution is 6.16. The van der Waals surface area contributed by atoms with E-state index in [1.165, 1.54) is 24.0 Å². The maximum atomic E-state index is 13.6. The second-order valence-electron chi connectivity index (χ2n) is 7.99. The lowest BCUT2D eigenvalue weighted by molar-refractivity contribution is -0.132. The monoisotopic (exact) mass is 440 g/mol. The summed E-state index contributed by atoms with van der Waals surface area (Å²) < 4.78 is 0. The molecule has 6 heteroatoms. The zero-order valence-corrected chi connectivity index (χ0v) is 18.4. The number of carbonyl (C=O) groups is 3. The predicted molar refractivity (Wildman–Crippen MR) is 127 cm³/mol. The number of nitrogens with one attached hydrogen (secondary N) is 1. The van der Waals surface area contributed by atoms with Gasteiger partial charge in [0.25, 0.3) is 5.91 Å². The fourth-order valence-electron chi connectivity index (χ4n) is 4.33. The number of phenols is 1. The molecule has 2 amide bonds. The third-order valence-electron chi connectivity index (χ3n) is 5.84.